The molecule has 0 aromatic heterocycles. The molecule has 1 saturated carbocycles. The molecule has 0 radical (unpaired) electrons. The average molecular weight is 449 g/mol. The molecule has 0 bridgehead atoms. The van der Waals surface area contributed by atoms with Crippen molar-refractivity contribution < 1.29 is 13.6 Å². The van der Waals surface area contributed by atoms with Crippen molar-refractivity contribution in [2.75, 3.05) is 13.2 Å². The lowest BCUT2D eigenvalue weighted by molar-refractivity contribution is -0.0147. The van der Waals surface area contributed by atoms with Crippen LogP contribution in [0.15, 0.2) is 12.1 Å². The van der Waals surface area contributed by atoms with E-state index in [1.54, 1.807) is 0 Å². The van der Waals surface area contributed by atoms with Crippen LogP contribution in [-0.2, 0) is 25.3 Å². The van der Waals surface area contributed by atoms with Crippen LogP contribution in [0.3, 0.4) is 0 Å². The smallest absolute Gasteiger partial charge is 0.397 e. The van der Waals surface area contributed by atoms with Gasteiger partial charge in [-0.3, -0.25) is 0 Å². The van der Waals surface area contributed by atoms with Gasteiger partial charge in [0, 0.05) is 16.5 Å². The summed E-state index contributed by atoms with van der Waals surface area (Å²) in [6.07, 6.45) is 4.97. The predicted octanol–water partition coefficient (Wildman–Crippen LogP) is 8.43. The Labute approximate surface area is 192 Å². The molecule has 0 amide bonds. The van der Waals surface area contributed by atoms with Crippen molar-refractivity contribution in [1.29, 1.82) is 0 Å². The maximum absolute atomic E-state index is 6.61. The molecule has 1 aromatic carbocycles. The summed E-state index contributed by atoms with van der Waals surface area (Å²) in [5.41, 5.74) is 4.03. The highest BCUT2D eigenvalue weighted by Crippen LogP contribution is 2.54. The van der Waals surface area contributed by atoms with E-state index in [0.29, 0.717) is 0 Å². The van der Waals surface area contributed by atoms with Crippen LogP contribution in [0.5, 0.6) is 5.75 Å². The Morgan fingerprint density at radius 1 is 0.806 bits per heavy atom. The molecule has 0 unspecified atom stereocenters. The van der Waals surface area contributed by atoms with E-state index in [1.165, 1.54) is 42.4 Å². The minimum Gasteiger partial charge on any atom is -0.426 e. The highest BCUT2D eigenvalue weighted by molar-refractivity contribution is 7.42. The van der Waals surface area contributed by atoms with E-state index in [1.807, 2.05) is 0 Å². The van der Waals surface area contributed by atoms with Crippen LogP contribution >= 0.6 is 8.60 Å². The van der Waals surface area contributed by atoms with Gasteiger partial charge in [0.05, 0.1) is 13.2 Å². The first-order valence-electron chi connectivity index (χ1n) is 12.0. The molecule has 4 heteroatoms. The van der Waals surface area contributed by atoms with Crippen LogP contribution in [0.2, 0.25) is 0 Å². The van der Waals surface area contributed by atoms with E-state index >= 15 is 0 Å². The van der Waals surface area contributed by atoms with Gasteiger partial charge >= 0.3 is 8.60 Å². The molecule has 1 saturated heterocycles. The third-order valence-corrected chi connectivity index (χ3v) is 8.04. The van der Waals surface area contributed by atoms with E-state index in [9.17, 15) is 0 Å². The second kappa shape index (κ2) is 8.62. The molecule has 1 aliphatic heterocycles. The van der Waals surface area contributed by atoms with Crippen LogP contribution in [0.1, 0.15) is 112 Å². The van der Waals surface area contributed by atoms with Gasteiger partial charge in [0.2, 0.25) is 0 Å². The van der Waals surface area contributed by atoms with Crippen molar-refractivity contribution in [3.8, 4) is 5.75 Å². The molecule has 31 heavy (non-hydrogen) atoms. The van der Waals surface area contributed by atoms with Crippen molar-refractivity contribution in [3.63, 3.8) is 0 Å². The van der Waals surface area contributed by atoms with Gasteiger partial charge < -0.3 is 13.6 Å². The number of rotatable bonds is 2. The summed E-state index contributed by atoms with van der Waals surface area (Å²) >= 11 is 0. The molecular weight excluding hydrogens is 403 g/mol. The van der Waals surface area contributed by atoms with Gasteiger partial charge in [0.1, 0.15) is 5.75 Å². The zero-order valence-electron chi connectivity index (χ0n) is 21.6. The zero-order valence-corrected chi connectivity index (χ0v) is 22.5. The maximum Gasteiger partial charge on any atom is 0.397 e. The van der Waals surface area contributed by atoms with Crippen molar-refractivity contribution in [1.82, 2.24) is 0 Å². The Kier molecular flexibility index (Phi) is 6.95. The minimum absolute atomic E-state index is 0.0392. The molecule has 1 aromatic rings. The number of hydrogen-bond donors (Lipinski definition) is 0. The van der Waals surface area contributed by atoms with E-state index in [2.05, 4.69) is 81.4 Å². The van der Waals surface area contributed by atoms with Crippen molar-refractivity contribution in [3.05, 3.63) is 28.8 Å². The van der Waals surface area contributed by atoms with E-state index in [-0.39, 0.29) is 21.7 Å². The monoisotopic (exact) mass is 448 g/mol. The molecule has 2 aliphatic rings. The molecule has 0 atom stereocenters. The quantitative estimate of drug-likeness (QED) is 0.425. The van der Waals surface area contributed by atoms with E-state index in [0.717, 1.165) is 24.9 Å². The van der Waals surface area contributed by atoms with Crippen molar-refractivity contribution in [2.24, 2.45) is 11.3 Å². The third-order valence-electron chi connectivity index (χ3n) is 7.02. The molecule has 176 valence electrons. The summed E-state index contributed by atoms with van der Waals surface area (Å²) in [6.45, 7) is 24.3. The van der Waals surface area contributed by atoms with Gasteiger partial charge in [-0.05, 0) is 40.6 Å². The fourth-order valence-electron chi connectivity index (χ4n) is 4.52. The highest BCUT2D eigenvalue weighted by atomic mass is 31.2. The summed E-state index contributed by atoms with van der Waals surface area (Å²) in [6, 6.07) is 4.68. The number of hydrogen-bond acceptors (Lipinski definition) is 3. The lowest BCUT2D eigenvalue weighted by Gasteiger charge is -2.43. The van der Waals surface area contributed by atoms with Gasteiger partial charge in [-0.1, -0.05) is 94.2 Å². The molecule has 2 fully saturated rings. The molecule has 1 spiro atoms. The zero-order chi connectivity index (χ0) is 23.2. The second-order valence-corrected chi connectivity index (χ2v) is 14.3. The number of benzene rings is 1. The lowest BCUT2D eigenvalue weighted by atomic mass is 9.72. The Hall–Kier alpha value is -0.630. The fraction of sp³-hybridized carbons (Fsp3) is 0.778. The fourth-order valence-corrected chi connectivity index (χ4v) is 5.81. The van der Waals surface area contributed by atoms with Crippen molar-refractivity contribution in [2.45, 2.75) is 111 Å². The van der Waals surface area contributed by atoms with Gasteiger partial charge in [-0.2, -0.15) is 0 Å². The highest BCUT2D eigenvalue weighted by Gasteiger charge is 2.42. The average Bonchev–Trinajstić information content (AvgIpc) is 2.63. The molecule has 1 aliphatic carbocycles. The summed E-state index contributed by atoms with van der Waals surface area (Å²) in [5.74, 6) is 1.79. The minimum atomic E-state index is -1.37. The lowest BCUT2D eigenvalue weighted by Crippen LogP contribution is -2.38. The van der Waals surface area contributed by atoms with Crippen molar-refractivity contribution >= 4 is 8.60 Å². The van der Waals surface area contributed by atoms with Crippen LogP contribution in [0.4, 0.5) is 0 Å². The molecule has 3 nitrogen and oxygen atoms in total. The standard InChI is InChI=1S/C27H45O3P/c1-19-11-13-27(14-12-19)17-28-31(29-18-27)30-23-21(25(5,6)7)15-20(24(2,3)4)16-22(23)26(8,9)10/h15-16,19H,11-14,17-18H2,1-10H3. The third kappa shape index (κ3) is 5.84. The summed E-state index contributed by atoms with van der Waals surface area (Å²) in [4.78, 5) is 0. The topological polar surface area (TPSA) is 27.7 Å². The maximum atomic E-state index is 6.61. The van der Waals surface area contributed by atoms with Crippen LogP contribution in [0, 0.1) is 11.3 Å². The first-order valence-corrected chi connectivity index (χ1v) is 13.1. The molecule has 1 heterocycles. The van der Waals surface area contributed by atoms with Gasteiger partial charge in [-0.25, -0.2) is 0 Å². The molecule has 3 rings (SSSR count). The molecule has 0 N–H and O–H groups in total. The Morgan fingerprint density at radius 3 is 1.65 bits per heavy atom. The van der Waals surface area contributed by atoms with E-state index < -0.39 is 8.60 Å². The van der Waals surface area contributed by atoms with E-state index in [4.69, 9.17) is 13.6 Å². The van der Waals surface area contributed by atoms with Crippen LogP contribution in [0.25, 0.3) is 0 Å². The van der Waals surface area contributed by atoms with Gasteiger partial charge in [-0.15, -0.1) is 0 Å². The molecular formula is C27H45O3P. The largest absolute Gasteiger partial charge is 0.426 e. The Morgan fingerprint density at radius 2 is 1.26 bits per heavy atom. The second-order valence-electron chi connectivity index (χ2n) is 13.2. The summed E-state index contributed by atoms with van der Waals surface area (Å²) < 4.78 is 19.1. The van der Waals surface area contributed by atoms with Crippen LogP contribution < -0.4 is 4.52 Å². The first-order chi connectivity index (χ1) is 14.1. The Bertz CT molecular complexity index is 726. The van der Waals surface area contributed by atoms with Gasteiger partial charge in [0.25, 0.3) is 0 Å². The predicted molar refractivity (Wildman–Crippen MR) is 132 cm³/mol. The first kappa shape index (κ1) is 25.0. The SMILES string of the molecule is CC1CCC2(CC1)COP(Oc1c(C(C)(C)C)cc(C(C)(C)C)cc1C(C)(C)C)OC2. The summed E-state index contributed by atoms with van der Waals surface area (Å²) in [7, 11) is -1.37. The van der Waals surface area contributed by atoms with Crippen LogP contribution in [-0.4, -0.2) is 13.2 Å². The van der Waals surface area contributed by atoms with Gasteiger partial charge in [0.15, 0.2) is 0 Å². The normalized spacial score (nSPS) is 28.1. The Balaban J connectivity index is 1.91. The summed E-state index contributed by atoms with van der Waals surface area (Å²) in [5, 5.41) is 0.